The molecule has 2 N–H and O–H groups in total. The lowest BCUT2D eigenvalue weighted by Crippen LogP contribution is -2.77. The highest BCUT2D eigenvalue weighted by Gasteiger charge is 2.63. The highest BCUT2D eigenvalue weighted by molar-refractivity contribution is 6.05. The third kappa shape index (κ3) is 6.80. The van der Waals surface area contributed by atoms with Gasteiger partial charge in [-0.1, -0.05) is 64.7 Å². The second-order valence-electron chi connectivity index (χ2n) is 9.25. The summed E-state index contributed by atoms with van der Waals surface area (Å²) in [6.45, 7) is 8.18. The molecule has 0 spiro atoms. The summed E-state index contributed by atoms with van der Waals surface area (Å²) in [5, 5.41) is 19.6. The number of carbonyl (C=O) groups excluding carboxylic acids is 1. The topological polar surface area (TPSA) is 91.7 Å². The summed E-state index contributed by atoms with van der Waals surface area (Å²) < 4.78 is -0.350. The van der Waals surface area contributed by atoms with Crippen molar-refractivity contribution in [2.24, 2.45) is 0 Å². The van der Waals surface area contributed by atoms with E-state index in [9.17, 15) is 24.6 Å². The van der Waals surface area contributed by atoms with E-state index in [1.165, 1.54) is 72.6 Å². The fourth-order valence-corrected chi connectivity index (χ4v) is 4.07. The molecular formula is C23H44NO5+. The van der Waals surface area contributed by atoms with Crippen LogP contribution >= 0.6 is 0 Å². The summed E-state index contributed by atoms with van der Waals surface area (Å²) in [5.74, 6) is -2.90. The van der Waals surface area contributed by atoms with Crippen LogP contribution in [-0.2, 0) is 14.4 Å². The molecule has 2 atom stereocenters. The molecule has 0 aromatic heterocycles. The molecule has 0 aromatic rings. The van der Waals surface area contributed by atoms with Crippen LogP contribution in [0.4, 0.5) is 0 Å². The van der Waals surface area contributed by atoms with Crippen LogP contribution in [0.15, 0.2) is 0 Å². The van der Waals surface area contributed by atoms with Crippen molar-refractivity contribution in [3.8, 4) is 0 Å². The number of ketones is 1. The first-order chi connectivity index (χ1) is 13.4. The highest BCUT2D eigenvalue weighted by Crippen LogP contribution is 2.36. The summed E-state index contributed by atoms with van der Waals surface area (Å²) in [7, 11) is 1.60. The molecular weight excluding hydrogens is 370 g/mol. The Morgan fingerprint density at radius 3 is 1.41 bits per heavy atom. The van der Waals surface area contributed by atoms with E-state index < -0.39 is 28.8 Å². The van der Waals surface area contributed by atoms with E-state index in [2.05, 4.69) is 6.92 Å². The number of carboxylic acid groups (broad SMARTS) is 2. The normalized spacial score (nSPS) is 16.1. The smallest absolute Gasteiger partial charge is 0.373 e. The van der Waals surface area contributed by atoms with Gasteiger partial charge in [0.05, 0.1) is 13.6 Å². The number of unbranched alkanes of at least 4 members (excludes halogenated alkanes) is 10. The van der Waals surface area contributed by atoms with E-state index in [1.807, 2.05) is 0 Å². The van der Waals surface area contributed by atoms with E-state index >= 15 is 0 Å². The molecule has 29 heavy (non-hydrogen) atoms. The molecule has 0 saturated heterocycles. The van der Waals surface area contributed by atoms with Crippen molar-refractivity contribution < 1.29 is 29.1 Å². The van der Waals surface area contributed by atoms with Crippen molar-refractivity contribution in [3.05, 3.63) is 0 Å². The first-order valence-corrected chi connectivity index (χ1v) is 11.2. The Morgan fingerprint density at radius 2 is 1.10 bits per heavy atom. The fraction of sp³-hybridized carbons (Fsp3) is 0.870. The average Bonchev–Trinajstić information content (AvgIpc) is 2.64. The molecule has 0 aromatic carbocycles. The molecule has 0 saturated carbocycles. The van der Waals surface area contributed by atoms with Gasteiger partial charge in [-0.15, -0.1) is 0 Å². The van der Waals surface area contributed by atoms with Gasteiger partial charge in [-0.25, -0.2) is 9.59 Å². The number of Topliss-reactive ketones (excluding diaryl/α,β-unsaturated/α-hetero) is 1. The van der Waals surface area contributed by atoms with Crippen molar-refractivity contribution >= 4 is 17.7 Å². The Kier molecular flexibility index (Phi) is 11.7. The van der Waals surface area contributed by atoms with Crippen LogP contribution in [0.3, 0.4) is 0 Å². The van der Waals surface area contributed by atoms with Crippen LogP contribution in [-0.4, -0.2) is 57.1 Å². The Hall–Kier alpha value is -1.43. The summed E-state index contributed by atoms with van der Waals surface area (Å²) in [4.78, 5) is 36.3. The second kappa shape index (κ2) is 12.3. The maximum absolute atomic E-state index is 12.3. The first kappa shape index (κ1) is 27.6. The Labute approximate surface area is 177 Å². The molecule has 170 valence electrons. The van der Waals surface area contributed by atoms with Gasteiger partial charge in [0.2, 0.25) is 5.78 Å². The van der Waals surface area contributed by atoms with E-state index in [4.69, 9.17) is 0 Å². The lowest BCUT2D eigenvalue weighted by molar-refractivity contribution is -0.973. The molecule has 0 aliphatic rings. The van der Waals surface area contributed by atoms with Crippen molar-refractivity contribution in [3.63, 3.8) is 0 Å². The number of carboxylic acids is 2. The van der Waals surface area contributed by atoms with Crippen LogP contribution in [0.1, 0.15) is 105 Å². The maximum atomic E-state index is 12.3. The molecule has 0 amide bonds. The zero-order valence-electron chi connectivity index (χ0n) is 19.6. The molecule has 0 bridgehead atoms. The molecule has 0 radical (unpaired) electrons. The third-order valence-electron chi connectivity index (χ3n) is 7.06. The number of aliphatic carboxylic acids is 2. The minimum Gasteiger partial charge on any atom is -0.477 e. The number of carbonyl (C=O) groups is 3. The van der Waals surface area contributed by atoms with Crippen molar-refractivity contribution in [1.29, 1.82) is 0 Å². The summed E-state index contributed by atoms with van der Waals surface area (Å²) in [6, 6.07) is 0. The molecule has 0 aliphatic heterocycles. The Morgan fingerprint density at radius 1 is 0.724 bits per heavy atom. The number of hydrogen-bond donors (Lipinski definition) is 2. The minimum atomic E-state index is -1.81. The summed E-state index contributed by atoms with van der Waals surface area (Å²) >= 11 is 0. The predicted molar refractivity (Wildman–Crippen MR) is 116 cm³/mol. The van der Waals surface area contributed by atoms with Gasteiger partial charge in [0.1, 0.15) is 0 Å². The molecule has 0 rings (SSSR count). The van der Waals surface area contributed by atoms with Crippen molar-refractivity contribution in [2.45, 2.75) is 116 Å². The summed E-state index contributed by atoms with van der Waals surface area (Å²) in [6.07, 6.45) is 12.8. The van der Waals surface area contributed by atoms with Gasteiger partial charge >= 0.3 is 11.9 Å². The quantitative estimate of drug-likeness (QED) is 0.198. The monoisotopic (exact) mass is 414 g/mol. The zero-order valence-corrected chi connectivity index (χ0v) is 19.6. The predicted octanol–water partition coefficient (Wildman–Crippen LogP) is 5.04. The van der Waals surface area contributed by atoms with Crippen LogP contribution in [0, 0.1) is 0 Å². The summed E-state index contributed by atoms with van der Waals surface area (Å²) in [5.41, 5.74) is -3.21. The fourth-order valence-electron chi connectivity index (χ4n) is 4.07. The van der Waals surface area contributed by atoms with Crippen LogP contribution in [0.5, 0.6) is 0 Å². The third-order valence-corrected chi connectivity index (χ3v) is 7.06. The van der Waals surface area contributed by atoms with E-state index in [1.54, 1.807) is 7.05 Å². The van der Waals surface area contributed by atoms with Crippen LogP contribution in [0.2, 0.25) is 0 Å². The van der Waals surface area contributed by atoms with Gasteiger partial charge in [0.25, 0.3) is 5.54 Å². The van der Waals surface area contributed by atoms with Crippen molar-refractivity contribution in [1.82, 2.24) is 0 Å². The minimum absolute atomic E-state index is 0.332. The van der Waals surface area contributed by atoms with E-state index in [0.29, 0.717) is 13.0 Å². The van der Waals surface area contributed by atoms with E-state index in [0.717, 1.165) is 19.3 Å². The van der Waals surface area contributed by atoms with Gasteiger partial charge in [0, 0.05) is 27.7 Å². The van der Waals surface area contributed by atoms with Gasteiger partial charge in [-0.3, -0.25) is 9.28 Å². The average molecular weight is 415 g/mol. The number of quaternary nitrogens is 1. The number of rotatable bonds is 17. The molecule has 0 aliphatic carbocycles. The van der Waals surface area contributed by atoms with Gasteiger partial charge in [0.15, 0.2) is 5.54 Å². The van der Waals surface area contributed by atoms with Gasteiger partial charge in [-0.2, -0.15) is 0 Å². The second-order valence-corrected chi connectivity index (χ2v) is 9.25. The first-order valence-electron chi connectivity index (χ1n) is 11.2. The molecule has 2 unspecified atom stereocenters. The van der Waals surface area contributed by atoms with Crippen LogP contribution < -0.4 is 0 Å². The molecule has 6 nitrogen and oxygen atoms in total. The standard InChI is InChI=1S/C23H43NO5/c1-7-8-9-10-11-12-13-14-15-16-17-18-24(6,22(3,4)20(26)27)23(5,19(2)25)21(28)29/h7-18H2,1-6H3,(H-,26,27,28,29)/p+1. The van der Waals surface area contributed by atoms with Gasteiger partial charge < -0.3 is 10.2 Å². The Bertz CT molecular complexity index is 529. The lowest BCUT2D eigenvalue weighted by atomic mass is 9.84. The largest absolute Gasteiger partial charge is 0.477 e. The Balaban J connectivity index is 4.82. The highest BCUT2D eigenvalue weighted by atomic mass is 16.4. The van der Waals surface area contributed by atoms with Crippen molar-refractivity contribution in [2.75, 3.05) is 13.6 Å². The molecule has 0 heterocycles. The lowest BCUT2D eigenvalue weighted by Gasteiger charge is -2.52. The van der Waals surface area contributed by atoms with Gasteiger partial charge in [-0.05, 0) is 12.8 Å². The molecule has 6 heteroatoms. The number of hydrogen-bond acceptors (Lipinski definition) is 3. The number of likely N-dealkylation sites (N-methyl/N-ethyl adjacent to an activating group) is 1. The number of nitrogens with zero attached hydrogens (tertiary/aromatic N) is 1. The SMILES string of the molecule is CCCCCCCCCCCCC[N+](C)(C(C)(C)C(=O)O)C(C)(C(C)=O)C(=O)O. The zero-order chi connectivity index (χ0) is 22.7. The van der Waals surface area contributed by atoms with Crippen LogP contribution in [0.25, 0.3) is 0 Å². The maximum Gasteiger partial charge on any atom is 0.373 e. The molecule has 0 fully saturated rings. The van der Waals surface area contributed by atoms with E-state index in [-0.39, 0.29) is 4.48 Å².